The molecule has 2 rings (SSSR count). The lowest BCUT2D eigenvalue weighted by atomic mass is 9.90. The standard InChI is InChI=1S/C11H13BrO2/c12-6-11(7-13-8-11)9-14-10-4-2-1-3-5-10/h1-5H,6-9H2. The molecule has 1 aliphatic rings. The molecule has 1 aromatic carbocycles. The summed E-state index contributed by atoms with van der Waals surface area (Å²) in [6.07, 6.45) is 0. The van der Waals surface area contributed by atoms with Gasteiger partial charge in [0.05, 0.1) is 25.2 Å². The van der Waals surface area contributed by atoms with Gasteiger partial charge in [-0.3, -0.25) is 0 Å². The monoisotopic (exact) mass is 256 g/mol. The molecule has 76 valence electrons. The fraction of sp³-hybridized carbons (Fsp3) is 0.455. The highest BCUT2D eigenvalue weighted by molar-refractivity contribution is 9.09. The van der Waals surface area contributed by atoms with Crippen molar-refractivity contribution in [2.24, 2.45) is 5.41 Å². The average molecular weight is 257 g/mol. The zero-order chi connectivity index (χ0) is 9.86. The fourth-order valence-electron chi connectivity index (χ4n) is 1.34. The Balaban J connectivity index is 1.88. The molecule has 1 saturated heterocycles. The zero-order valence-corrected chi connectivity index (χ0v) is 9.50. The molecule has 1 heterocycles. The normalized spacial score (nSPS) is 18.6. The number of alkyl halides is 1. The highest BCUT2D eigenvalue weighted by atomic mass is 79.9. The first kappa shape index (κ1) is 9.99. The maximum absolute atomic E-state index is 5.69. The molecule has 1 aliphatic heterocycles. The van der Waals surface area contributed by atoms with Crippen LogP contribution in [0.3, 0.4) is 0 Å². The minimum absolute atomic E-state index is 0.190. The van der Waals surface area contributed by atoms with E-state index in [1.807, 2.05) is 30.3 Å². The molecular formula is C11H13BrO2. The molecule has 0 radical (unpaired) electrons. The molecule has 1 aromatic rings. The van der Waals surface area contributed by atoms with Gasteiger partial charge in [-0.05, 0) is 12.1 Å². The lowest BCUT2D eigenvalue weighted by molar-refractivity contribution is -0.116. The van der Waals surface area contributed by atoms with Crippen LogP contribution in [-0.2, 0) is 4.74 Å². The molecule has 0 aliphatic carbocycles. The van der Waals surface area contributed by atoms with Gasteiger partial charge in [0.2, 0.25) is 0 Å². The summed E-state index contributed by atoms with van der Waals surface area (Å²) < 4.78 is 10.9. The number of hydrogen-bond acceptors (Lipinski definition) is 2. The molecule has 0 amide bonds. The van der Waals surface area contributed by atoms with Crippen molar-refractivity contribution in [1.29, 1.82) is 0 Å². The molecule has 1 fully saturated rings. The Morgan fingerprint density at radius 1 is 1.29 bits per heavy atom. The second-order valence-electron chi connectivity index (χ2n) is 3.73. The van der Waals surface area contributed by atoms with Gasteiger partial charge in [-0.25, -0.2) is 0 Å². The Morgan fingerprint density at radius 3 is 2.50 bits per heavy atom. The Labute approximate surface area is 92.3 Å². The maximum Gasteiger partial charge on any atom is 0.119 e. The minimum Gasteiger partial charge on any atom is -0.493 e. The average Bonchev–Trinajstić information content (AvgIpc) is 2.19. The van der Waals surface area contributed by atoms with E-state index < -0.39 is 0 Å². The third kappa shape index (κ3) is 2.10. The van der Waals surface area contributed by atoms with Crippen LogP contribution in [0.2, 0.25) is 0 Å². The third-order valence-corrected chi connectivity index (χ3v) is 3.58. The van der Waals surface area contributed by atoms with Crippen LogP contribution in [0.4, 0.5) is 0 Å². The highest BCUT2D eigenvalue weighted by Gasteiger charge is 2.38. The summed E-state index contributed by atoms with van der Waals surface area (Å²) >= 11 is 3.50. The highest BCUT2D eigenvalue weighted by Crippen LogP contribution is 2.30. The van der Waals surface area contributed by atoms with Crippen LogP contribution in [0.15, 0.2) is 30.3 Å². The van der Waals surface area contributed by atoms with Crippen molar-refractivity contribution < 1.29 is 9.47 Å². The van der Waals surface area contributed by atoms with E-state index >= 15 is 0 Å². The van der Waals surface area contributed by atoms with Gasteiger partial charge >= 0.3 is 0 Å². The maximum atomic E-state index is 5.69. The summed E-state index contributed by atoms with van der Waals surface area (Å²) in [7, 11) is 0. The molecule has 0 unspecified atom stereocenters. The SMILES string of the molecule is BrCC1(COc2ccccc2)COC1. The van der Waals surface area contributed by atoms with Gasteiger partial charge in [0.1, 0.15) is 5.75 Å². The lowest BCUT2D eigenvalue weighted by Crippen LogP contribution is -2.48. The van der Waals surface area contributed by atoms with Crippen LogP contribution in [-0.4, -0.2) is 25.2 Å². The van der Waals surface area contributed by atoms with Crippen molar-refractivity contribution in [2.75, 3.05) is 25.2 Å². The van der Waals surface area contributed by atoms with E-state index in [2.05, 4.69) is 15.9 Å². The third-order valence-electron chi connectivity index (χ3n) is 2.39. The number of ether oxygens (including phenoxy) is 2. The molecule has 14 heavy (non-hydrogen) atoms. The first-order valence-electron chi connectivity index (χ1n) is 4.66. The summed E-state index contributed by atoms with van der Waals surface area (Å²) in [4.78, 5) is 0. The predicted octanol–water partition coefficient (Wildman–Crippen LogP) is 2.48. The first-order chi connectivity index (χ1) is 6.85. The number of rotatable bonds is 4. The van der Waals surface area contributed by atoms with E-state index in [1.54, 1.807) is 0 Å². The van der Waals surface area contributed by atoms with Crippen LogP contribution in [0.1, 0.15) is 0 Å². The van der Waals surface area contributed by atoms with Crippen molar-refractivity contribution in [3.63, 3.8) is 0 Å². The van der Waals surface area contributed by atoms with Gasteiger partial charge in [0.25, 0.3) is 0 Å². The van der Waals surface area contributed by atoms with Crippen molar-refractivity contribution >= 4 is 15.9 Å². The van der Waals surface area contributed by atoms with E-state index in [1.165, 1.54) is 0 Å². The second kappa shape index (κ2) is 4.32. The van der Waals surface area contributed by atoms with Gasteiger partial charge in [-0.1, -0.05) is 34.1 Å². The van der Waals surface area contributed by atoms with E-state index in [-0.39, 0.29) is 5.41 Å². The van der Waals surface area contributed by atoms with E-state index in [9.17, 15) is 0 Å². The Kier molecular flexibility index (Phi) is 3.08. The molecular weight excluding hydrogens is 244 g/mol. The van der Waals surface area contributed by atoms with Crippen LogP contribution in [0.5, 0.6) is 5.75 Å². The number of para-hydroxylation sites is 1. The van der Waals surface area contributed by atoms with Gasteiger partial charge in [0.15, 0.2) is 0 Å². The van der Waals surface area contributed by atoms with Crippen LogP contribution >= 0.6 is 15.9 Å². The molecule has 0 bridgehead atoms. The summed E-state index contributed by atoms with van der Waals surface area (Å²) in [6.45, 7) is 2.32. The number of hydrogen-bond donors (Lipinski definition) is 0. The smallest absolute Gasteiger partial charge is 0.119 e. The lowest BCUT2D eigenvalue weighted by Gasteiger charge is -2.39. The Morgan fingerprint density at radius 2 is 2.00 bits per heavy atom. The van der Waals surface area contributed by atoms with E-state index in [0.29, 0.717) is 0 Å². The minimum atomic E-state index is 0.190. The summed E-state index contributed by atoms with van der Waals surface area (Å²) in [5, 5.41) is 0.937. The first-order valence-corrected chi connectivity index (χ1v) is 5.78. The molecule has 0 saturated carbocycles. The predicted molar refractivity (Wildman–Crippen MR) is 59.0 cm³/mol. The Bertz CT molecular complexity index is 277. The van der Waals surface area contributed by atoms with Crippen molar-refractivity contribution in [3.05, 3.63) is 30.3 Å². The zero-order valence-electron chi connectivity index (χ0n) is 7.91. The van der Waals surface area contributed by atoms with Crippen LogP contribution in [0, 0.1) is 5.41 Å². The topological polar surface area (TPSA) is 18.5 Å². The van der Waals surface area contributed by atoms with Crippen LogP contribution < -0.4 is 4.74 Å². The van der Waals surface area contributed by atoms with Crippen molar-refractivity contribution in [1.82, 2.24) is 0 Å². The van der Waals surface area contributed by atoms with Gasteiger partial charge in [-0.15, -0.1) is 0 Å². The molecule has 2 nitrogen and oxygen atoms in total. The number of halogens is 1. The molecule has 0 N–H and O–H groups in total. The van der Waals surface area contributed by atoms with Gasteiger partial charge < -0.3 is 9.47 Å². The fourth-order valence-corrected chi connectivity index (χ4v) is 1.83. The van der Waals surface area contributed by atoms with Crippen molar-refractivity contribution in [3.8, 4) is 5.75 Å². The van der Waals surface area contributed by atoms with Gasteiger partial charge in [-0.2, -0.15) is 0 Å². The van der Waals surface area contributed by atoms with Crippen LogP contribution in [0.25, 0.3) is 0 Å². The molecule has 0 atom stereocenters. The molecule has 0 aromatic heterocycles. The molecule has 0 spiro atoms. The summed E-state index contributed by atoms with van der Waals surface area (Å²) in [5.41, 5.74) is 0.190. The quantitative estimate of drug-likeness (QED) is 0.771. The van der Waals surface area contributed by atoms with Crippen molar-refractivity contribution in [2.45, 2.75) is 0 Å². The summed E-state index contributed by atoms with van der Waals surface area (Å²) in [6, 6.07) is 9.89. The second-order valence-corrected chi connectivity index (χ2v) is 4.29. The van der Waals surface area contributed by atoms with E-state index in [0.717, 1.165) is 30.9 Å². The molecule has 3 heteroatoms. The van der Waals surface area contributed by atoms with Gasteiger partial charge in [0, 0.05) is 5.33 Å². The summed E-state index contributed by atoms with van der Waals surface area (Å²) in [5.74, 6) is 0.930. The largest absolute Gasteiger partial charge is 0.493 e. The number of benzene rings is 1. The van der Waals surface area contributed by atoms with E-state index in [4.69, 9.17) is 9.47 Å². The Hall–Kier alpha value is -0.540.